The molecule has 2 heteroatoms. The number of hydrogen-bond acceptors (Lipinski definition) is 1. The van der Waals surface area contributed by atoms with Gasteiger partial charge in [-0.1, -0.05) is 0 Å². The molecule has 3 aromatic rings. The van der Waals surface area contributed by atoms with Crippen molar-refractivity contribution in [3.63, 3.8) is 0 Å². The maximum absolute atomic E-state index is 4.66. The predicted octanol–water partition coefficient (Wildman–Crippen LogP) is 3.28. The van der Waals surface area contributed by atoms with E-state index < -0.39 is 21.8 Å². The second-order valence-electron chi connectivity index (χ2n) is 5.50. The van der Waals surface area contributed by atoms with Crippen LogP contribution in [0.5, 0.6) is 0 Å². The zero-order valence-electron chi connectivity index (χ0n) is 12.2. The van der Waals surface area contributed by atoms with E-state index in [0.717, 1.165) is 5.69 Å². The van der Waals surface area contributed by atoms with Crippen molar-refractivity contribution < 1.29 is 0 Å². The molecule has 102 valence electrons. The molecule has 0 atom stereocenters. The summed E-state index contributed by atoms with van der Waals surface area (Å²) in [5.74, 6) is 0. The first-order valence-electron chi connectivity index (χ1n) is 7.15. The zero-order valence-corrected chi connectivity index (χ0v) is 15.6. The molecule has 1 nitrogen and oxygen atoms in total. The molecule has 2 aromatic carbocycles. The summed E-state index contributed by atoms with van der Waals surface area (Å²) in [6.07, 6.45) is 1.97. The van der Waals surface area contributed by atoms with E-state index in [4.69, 9.17) is 0 Å². The van der Waals surface area contributed by atoms with E-state index in [1.165, 1.54) is 22.3 Å². The topological polar surface area (TPSA) is 12.9 Å². The van der Waals surface area contributed by atoms with Crippen LogP contribution in [-0.4, -0.2) is 26.7 Å². The molecule has 0 amide bonds. The first-order valence-corrected chi connectivity index (χ1v) is 14.1. The van der Waals surface area contributed by atoms with Crippen molar-refractivity contribution >= 4 is 28.3 Å². The first kappa shape index (κ1) is 13.2. The van der Waals surface area contributed by atoms with E-state index in [2.05, 4.69) is 71.1 Å². The molecule has 21 heavy (non-hydrogen) atoms. The Kier molecular flexibility index (Phi) is 3.15. The van der Waals surface area contributed by atoms with E-state index in [0.29, 0.717) is 0 Å². The minimum absolute atomic E-state index is 1.12. The van der Waals surface area contributed by atoms with Crippen molar-refractivity contribution in [1.29, 1.82) is 0 Å². The summed E-state index contributed by atoms with van der Waals surface area (Å²) in [7, 11) is 0. The Morgan fingerprint density at radius 2 is 1.57 bits per heavy atom. The van der Waals surface area contributed by atoms with Crippen molar-refractivity contribution in [2.24, 2.45) is 0 Å². The fourth-order valence-corrected chi connectivity index (χ4v) is 11.7. The van der Waals surface area contributed by atoms with Gasteiger partial charge in [0.1, 0.15) is 0 Å². The van der Waals surface area contributed by atoms with Gasteiger partial charge in [0.05, 0.1) is 0 Å². The number of aromatic nitrogens is 1. The van der Waals surface area contributed by atoms with Gasteiger partial charge in [-0.05, 0) is 0 Å². The van der Waals surface area contributed by atoms with Crippen LogP contribution in [0.4, 0.5) is 0 Å². The van der Waals surface area contributed by atoms with Gasteiger partial charge in [0.15, 0.2) is 0 Å². The number of rotatable bonds is 1. The first-order chi connectivity index (χ1) is 10.3. The maximum atomic E-state index is 4.66. The van der Waals surface area contributed by atoms with Crippen LogP contribution in [0.1, 0.15) is 5.56 Å². The van der Waals surface area contributed by atoms with Crippen LogP contribution in [0, 0.1) is 6.92 Å². The molecule has 0 fully saturated rings. The molecule has 4 rings (SSSR count). The number of benzene rings is 2. The third kappa shape index (κ3) is 2.05. The van der Waals surface area contributed by atoms with Crippen molar-refractivity contribution in [3.05, 3.63) is 66.4 Å². The Balaban J connectivity index is 1.96. The molecule has 0 radical (unpaired) electrons. The quantitative estimate of drug-likeness (QED) is 0.501. The fraction of sp³-hybridized carbons (Fsp3) is 0.105. The minimum atomic E-state index is -1.82. The predicted molar refractivity (Wildman–Crippen MR) is 90.7 cm³/mol. The van der Waals surface area contributed by atoms with Crippen LogP contribution in [0.15, 0.2) is 60.8 Å². The molecule has 0 aliphatic carbocycles. The number of fused-ring (bicyclic) bond motifs is 3. The SMILES string of the molecule is Cc1ccc(-c2cccc3[c]2[Bi]([CH3])[c]2ccccc2-3)nc1. The molecule has 0 spiro atoms. The van der Waals surface area contributed by atoms with Crippen LogP contribution in [0.2, 0.25) is 4.63 Å². The molecule has 0 saturated heterocycles. The molecule has 1 aliphatic rings. The summed E-state index contributed by atoms with van der Waals surface area (Å²) in [6.45, 7) is 2.09. The van der Waals surface area contributed by atoms with Gasteiger partial charge in [0.25, 0.3) is 0 Å². The van der Waals surface area contributed by atoms with Gasteiger partial charge in [-0.15, -0.1) is 0 Å². The van der Waals surface area contributed by atoms with Crippen molar-refractivity contribution in [3.8, 4) is 22.4 Å². The Hall–Kier alpha value is -1.53. The van der Waals surface area contributed by atoms with Crippen molar-refractivity contribution in [2.45, 2.75) is 11.6 Å². The summed E-state index contributed by atoms with van der Waals surface area (Å²) in [4.78, 5) is 4.66. The molecule has 0 bridgehead atoms. The van der Waals surface area contributed by atoms with Gasteiger partial charge in [-0.25, -0.2) is 0 Å². The molecule has 0 N–H and O–H groups in total. The van der Waals surface area contributed by atoms with Gasteiger partial charge in [0, 0.05) is 0 Å². The van der Waals surface area contributed by atoms with Crippen LogP contribution in [-0.2, 0) is 0 Å². The third-order valence-electron chi connectivity index (χ3n) is 4.11. The summed E-state index contributed by atoms with van der Waals surface area (Å²) >= 11 is -1.82. The second kappa shape index (κ2) is 5.03. The molecule has 1 aromatic heterocycles. The van der Waals surface area contributed by atoms with Crippen LogP contribution in [0.3, 0.4) is 0 Å². The fourth-order valence-electron chi connectivity index (χ4n) is 3.07. The summed E-state index contributed by atoms with van der Waals surface area (Å²) in [5, 5.41) is 0. The number of pyridine rings is 1. The van der Waals surface area contributed by atoms with Crippen LogP contribution < -0.4 is 6.54 Å². The van der Waals surface area contributed by atoms with Crippen LogP contribution >= 0.6 is 0 Å². The molecular weight excluding hydrogens is 451 g/mol. The summed E-state index contributed by atoms with van der Waals surface area (Å²) in [5.41, 5.74) is 6.59. The van der Waals surface area contributed by atoms with Gasteiger partial charge in [-0.2, -0.15) is 0 Å². The number of aryl methyl sites for hydroxylation is 1. The Morgan fingerprint density at radius 1 is 0.810 bits per heavy atom. The average Bonchev–Trinajstić information content (AvgIpc) is 2.82. The van der Waals surface area contributed by atoms with Crippen molar-refractivity contribution in [1.82, 2.24) is 4.98 Å². The molecule has 1 aliphatic heterocycles. The Bertz CT molecular complexity index is 821. The van der Waals surface area contributed by atoms with Crippen molar-refractivity contribution in [2.75, 3.05) is 0 Å². The van der Waals surface area contributed by atoms with Gasteiger partial charge < -0.3 is 0 Å². The van der Waals surface area contributed by atoms with E-state index >= 15 is 0 Å². The monoisotopic (exact) mass is 467 g/mol. The molecular formula is C19H16BiN. The standard InChI is InChI=1S/C18H13N.CH3.Bi/c1-14-10-11-18(19-13-14)17-9-5-8-16(12-17)15-6-3-2-4-7-15;;/h2-6,8-11,13H,1H3;1H3;. The zero-order chi connectivity index (χ0) is 14.4. The third-order valence-corrected chi connectivity index (χ3v) is 12.9. The second-order valence-corrected chi connectivity index (χ2v) is 13.5. The number of nitrogens with zero attached hydrogens (tertiary/aromatic N) is 1. The Morgan fingerprint density at radius 3 is 2.38 bits per heavy atom. The molecule has 0 saturated carbocycles. The van der Waals surface area contributed by atoms with Crippen LogP contribution in [0.25, 0.3) is 22.4 Å². The van der Waals surface area contributed by atoms with Gasteiger partial charge in [0.2, 0.25) is 0 Å². The van der Waals surface area contributed by atoms with E-state index in [1.807, 2.05) is 6.20 Å². The Labute approximate surface area is 133 Å². The van der Waals surface area contributed by atoms with E-state index in [9.17, 15) is 0 Å². The number of hydrogen-bond donors (Lipinski definition) is 0. The normalized spacial score (nSPS) is 13.0. The van der Waals surface area contributed by atoms with E-state index in [1.54, 1.807) is 6.54 Å². The molecule has 2 heterocycles. The summed E-state index contributed by atoms with van der Waals surface area (Å²) < 4.78 is 5.74. The average molecular weight is 467 g/mol. The van der Waals surface area contributed by atoms with Gasteiger partial charge in [-0.3, -0.25) is 0 Å². The summed E-state index contributed by atoms with van der Waals surface area (Å²) in [6, 6.07) is 20.0. The van der Waals surface area contributed by atoms with E-state index in [-0.39, 0.29) is 0 Å². The molecule has 0 unspecified atom stereocenters. The van der Waals surface area contributed by atoms with Gasteiger partial charge >= 0.3 is 134 Å².